The fraction of sp³-hybridized carbons (Fsp3) is 0.133. The van der Waals surface area contributed by atoms with E-state index in [2.05, 4.69) is 15.0 Å². The fourth-order valence-electron chi connectivity index (χ4n) is 2.13. The van der Waals surface area contributed by atoms with E-state index in [0.717, 1.165) is 22.2 Å². The minimum Gasteiger partial charge on any atom is -0.345 e. The summed E-state index contributed by atoms with van der Waals surface area (Å²) in [5.41, 5.74) is 4.39. The largest absolute Gasteiger partial charge is 0.345 e. The summed E-state index contributed by atoms with van der Waals surface area (Å²) in [7, 11) is 3.48. The summed E-state index contributed by atoms with van der Waals surface area (Å²) in [4.78, 5) is 25.0. The van der Waals surface area contributed by atoms with Gasteiger partial charge in [0, 0.05) is 31.4 Å². The Hall–Kier alpha value is -2.69. The van der Waals surface area contributed by atoms with E-state index in [-0.39, 0.29) is 5.91 Å². The first-order chi connectivity index (χ1) is 9.66. The Morgan fingerprint density at radius 1 is 1.15 bits per heavy atom. The Labute approximate surface area is 116 Å². The van der Waals surface area contributed by atoms with Gasteiger partial charge < -0.3 is 9.88 Å². The second kappa shape index (κ2) is 4.77. The van der Waals surface area contributed by atoms with Crippen molar-refractivity contribution in [1.29, 1.82) is 0 Å². The van der Waals surface area contributed by atoms with E-state index in [0.29, 0.717) is 5.56 Å². The summed E-state index contributed by atoms with van der Waals surface area (Å²) in [5.74, 6) is -0.00680. The van der Waals surface area contributed by atoms with Crippen LogP contribution >= 0.6 is 0 Å². The Bertz CT molecular complexity index is 759. The first-order valence-electron chi connectivity index (χ1n) is 6.26. The number of nitrogens with zero attached hydrogens (tertiary/aromatic N) is 3. The van der Waals surface area contributed by atoms with Crippen molar-refractivity contribution in [2.24, 2.45) is 0 Å². The summed E-state index contributed by atoms with van der Waals surface area (Å²) < 4.78 is 0. The minimum absolute atomic E-state index is 0.00680. The first kappa shape index (κ1) is 12.3. The van der Waals surface area contributed by atoms with Crippen molar-refractivity contribution >= 4 is 16.9 Å². The zero-order valence-corrected chi connectivity index (χ0v) is 11.3. The van der Waals surface area contributed by atoms with E-state index in [1.54, 1.807) is 37.7 Å². The molecule has 0 unspecified atom stereocenters. The van der Waals surface area contributed by atoms with Crippen molar-refractivity contribution in [3.05, 3.63) is 48.5 Å². The van der Waals surface area contributed by atoms with Crippen LogP contribution < -0.4 is 0 Å². The highest BCUT2D eigenvalue weighted by atomic mass is 16.2. The zero-order chi connectivity index (χ0) is 14.1. The lowest BCUT2D eigenvalue weighted by atomic mass is 10.0. The monoisotopic (exact) mass is 266 g/mol. The molecule has 1 N–H and O–H groups in total. The van der Waals surface area contributed by atoms with E-state index >= 15 is 0 Å². The second-order valence-corrected chi connectivity index (χ2v) is 4.76. The molecule has 0 aliphatic rings. The number of carbonyl (C=O) groups excluding carboxylic acids is 1. The van der Waals surface area contributed by atoms with Gasteiger partial charge in [-0.25, -0.2) is 4.98 Å². The van der Waals surface area contributed by atoms with Gasteiger partial charge in [0.15, 0.2) is 0 Å². The predicted octanol–water partition coefficient (Wildman–Crippen LogP) is 2.33. The van der Waals surface area contributed by atoms with Gasteiger partial charge in [0.2, 0.25) is 0 Å². The van der Waals surface area contributed by atoms with Crippen LogP contribution in [-0.4, -0.2) is 39.9 Å². The van der Waals surface area contributed by atoms with Gasteiger partial charge >= 0.3 is 0 Å². The van der Waals surface area contributed by atoms with E-state index in [9.17, 15) is 4.79 Å². The average Bonchev–Trinajstić information content (AvgIpc) is 2.95. The van der Waals surface area contributed by atoms with Crippen LogP contribution in [-0.2, 0) is 0 Å². The molecule has 100 valence electrons. The van der Waals surface area contributed by atoms with Gasteiger partial charge in [-0.05, 0) is 17.7 Å². The van der Waals surface area contributed by atoms with Crippen molar-refractivity contribution in [2.45, 2.75) is 0 Å². The highest BCUT2D eigenvalue weighted by Gasteiger charge is 2.10. The molecule has 1 aromatic carbocycles. The van der Waals surface area contributed by atoms with Gasteiger partial charge in [0.1, 0.15) is 0 Å². The van der Waals surface area contributed by atoms with E-state index < -0.39 is 0 Å². The van der Waals surface area contributed by atoms with E-state index in [1.807, 2.05) is 24.3 Å². The maximum absolute atomic E-state index is 11.9. The van der Waals surface area contributed by atoms with Crippen LogP contribution in [0.1, 0.15) is 10.4 Å². The van der Waals surface area contributed by atoms with Gasteiger partial charge in [-0.2, -0.15) is 0 Å². The van der Waals surface area contributed by atoms with Crippen LogP contribution in [0.4, 0.5) is 0 Å². The quantitative estimate of drug-likeness (QED) is 0.774. The zero-order valence-electron chi connectivity index (χ0n) is 11.3. The molecule has 5 heteroatoms. The molecule has 20 heavy (non-hydrogen) atoms. The lowest BCUT2D eigenvalue weighted by Gasteiger charge is -2.10. The third-order valence-corrected chi connectivity index (χ3v) is 3.18. The standard InChI is InChI=1S/C15H14N4O/c1-19(2)15(20)11-5-3-10(4-6-11)12-7-16-8-13-14(12)18-9-17-13/h3-9H,1-2H3,(H,17,18). The maximum atomic E-state index is 11.9. The predicted molar refractivity (Wildman–Crippen MR) is 77.3 cm³/mol. The molecule has 3 rings (SSSR count). The fourth-order valence-corrected chi connectivity index (χ4v) is 2.13. The van der Waals surface area contributed by atoms with Crippen molar-refractivity contribution in [2.75, 3.05) is 14.1 Å². The summed E-state index contributed by atoms with van der Waals surface area (Å²) in [6.07, 6.45) is 5.18. The van der Waals surface area contributed by atoms with Crippen molar-refractivity contribution in [3.8, 4) is 11.1 Å². The number of H-pyrrole nitrogens is 1. The Morgan fingerprint density at radius 3 is 2.60 bits per heavy atom. The first-order valence-corrected chi connectivity index (χ1v) is 6.26. The van der Waals surface area contributed by atoms with Crippen LogP contribution in [0.25, 0.3) is 22.2 Å². The summed E-state index contributed by atoms with van der Waals surface area (Å²) >= 11 is 0. The molecule has 0 spiro atoms. The van der Waals surface area contributed by atoms with Crippen LogP contribution in [0, 0.1) is 0 Å². The molecule has 0 bridgehead atoms. The number of carbonyl (C=O) groups is 1. The maximum Gasteiger partial charge on any atom is 0.253 e. The number of aromatic amines is 1. The summed E-state index contributed by atoms with van der Waals surface area (Å²) in [5, 5.41) is 0. The third kappa shape index (κ3) is 2.03. The van der Waals surface area contributed by atoms with E-state index in [4.69, 9.17) is 0 Å². The molecular weight excluding hydrogens is 252 g/mol. The van der Waals surface area contributed by atoms with Gasteiger partial charge in [-0.3, -0.25) is 9.78 Å². The number of pyridine rings is 1. The average molecular weight is 266 g/mol. The molecule has 0 fully saturated rings. The van der Waals surface area contributed by atoms with Crippen LogP contribution in [0.3, 0.4) is 0 Å². The summed E-state index contributed by atoms with van der Waals surface area (Å²) in [6.45, 7) is 0. The number of fused-ring (bicyclic) bond motifs is 1. The Morgan fingerprint density at radius 2 is 1.90 bits per heavy atom. The van der Waals surface area contributed by atoms with Gasteiger partial charge in [0.05, 0.1) is 23.6 Å². The smallest absolute Gasteiger partial charge is 0.253 e. The normalized spacial score (nSPS) is 10.7. The molecule has 0 aliphatic heterocycles. The van der Waals surface area contributed by atoms with E-state index in [1.165, 1.54) is 0 Å². The van der Waals surface area contributed by atoms with Gasteiger partial charge in [0.25, 0.3) is 5.91 Å². The van der Waals surface area contributed by atoms with Crippen LogP contribution in [0.2, 0.25) is 0 Å². The molecular formula is C15H14N4O. The van der Waals surface area contributed by atoms with Crippen molar-refractivity contribution in [1.82, 2.24) is 19.9 Å². The van der Waals surface area contributed by atoms with Crippen molar-refractivity contribution in [3.63, 3.8) is 0 Å². The molecule has 1 amide bonds. The summed E-state index contributed by atoms with van der Waals surface area (Å²) in [6, 6.07) is 7.48. The molecule has 0 saturated carbocycles. The number of imidazole rings is 1. The number of aromatic nitrogens is 3. The number of amides is 1. The molecule has 0 radical (unpaired) electrons. The number of hydrogen-bond acceptors (Lipinski definition) is 3. The minimum atomic E-state index is -0.00680. The second-order valence-electron chi connectivity index (χ2n) is 4.76. The molecule has 3 aromatic rings. The lowest BCUT2D eigenvalue weighted by Crippen LogP contribution is -2.21. The van der Waals surface area contributed by atoms with Gasteiger partial charge in [-0.15, -0.1) is 0 Å². The molecule has 5 nitrogen and oxygen atoms in total. The molecule has 0 atom stereocenters. The number of nitrogens with one attached hydrogen (secondary N) is 1. The SMILES string of the molecule is CN(C)C(=O)c1ccc(-c2cncc3[nH]cnc23)cc1. The molecule has 0 saturated heterocycles. The van der Waals surface area contributed by atoms with Crippen LogP contribution in [0.15, 0.2) is 43.0 Å². The lowest BCUT2D eigenvalue weighted by molar-refractivity contribution is 0.0827. The number of hydrogen-bond donors (Lipinski definition) is 1. The Kier molecular flexibility index (Phi) is 2.95. The van der Waals surface area contributed by atoms with Crippen molar-refractivity contribution < 1.29 is 4.79 Å². The highest BCUT2D eigenvalue weighted by molar-refractivity contribution is 5.95. The number of rotatable bonds is 2. The molecule has 2 aromatic heterocycles. The number of benzene rings is 1. The third-order valence-electron chi connectivity index (χ3n) is 3.18. The highest BCUT2D eigenvalue weighted by Crippen LogP contribution is 2.25. The van der Waals surface area contributed by atoms with Crippen LogP contribution in [0.5, 0.6) is 0 Å². The molecule has 0 aliphatic carbocycles. The topological polar surface area (TPSA) is 61.9 Å². The van der Waals surface area contributed by atoms with Gasteiger partial charge in [-0.1, -0.05) is 12.1 Å². The molecule has 2 heterocycles. The Balaban J connectivity index is 2.03.